The molecule has 0 unspecified atom stereocenters. The quantitative estimate of drug-likeness (QED) is 0.631. The van der Waals surface area contributed by atoms with Crippen molar-refractivity contribution in [2.75, 3.05) is 19.8 Å². The summed E-state index contributed by atoms with van der Waals surface area (Å²) in [5.74, 6) is 0. The summed E-state index contributed by atoms with van der Waals surface area (Å²) in [5.41, 5.74) is 6.19. The van der Waals surface area contributed by atoms with E-state index in [0.29, 0.717) is 13.2 Å². The first-order chi connectivity index (χ1) is 6.81. The summed E-state index contributed by atoms with van der Waals surface area (Å²) in [4.78, 5) is 0. The molecule has 0 aromatic rings. The van der Waals surface area contributed by atoms with E-state index in [1.807, 2.05) is 18.2 Å². The molecule has 0 bridgehead atoms. The molecule has 0 aromatic heterocycles. The fourth-order valence-electron chi connectivity index (χ4n) is 1.68. The van der Waals surface area contributed by atoms with Gasteiger partial charge in [-0.15, -0.1) is 0 Å². The Morgan fingerprint density at radius 1 is 1.43 bits per heavy atom. The molecule has 3 N–H and O–H groups in total. The molecule has 0 amide bonds. The normalized spacial score (nSPS) is 33.4. The summed E-state index contributed by atoms with van der Waals surface area (Å²) in [5, 5.41) is 9.53. The van der Waals surface area contributed by atoms with Crippen LogP contribution in [0, 0.1) is 0 Å². The third-order valence-corrected chi connectivity index (χ3v) is 2.47. The van der Waals surface area contributed by atoms with Crippen molar-refractivity contribution in [2.24, 2.45) is 5.73 Å². The van der Waals surface area contributed by atoms with E-state index in [-0.39, 0.29) is 18.8 Å². The van der Waals surface area contributed by atoms with Crippen LogP contribution in [0.3, 0.4) is 0 Å². The molecule has 3 atom stereocenters. The lowest BCUT2D eigenvalue weighted by atomic mass is 9.98. The summed E-state index contributed by atoms with van der Waals surface area (Å²) in [6, 6.07) is 0. The average Bonchev–Trinajstić information content (AvgIpc) is 2.27. The average molecular weight is 197 g/mol. The molecule has 78 valence electrons. The lowest BCUT2D eigenvalue weighted by molar-refractivity contribution is -0.102. The molecule has 4 heteroatoms. The van der Waals surface area contributed by atoms with E-state index in [2.05, 4.69) is 0 Å². The number of rotatable bonds is 2. The van der Waals surface area contributed by atoms with Gasteiger partial charge in [-0.05, 0) is 11.6 Å². The molecule has 4 nitrogen and oxygen atoms in total. The van der Waals surface area contributed by atoms with E-state index in [0.717, 1.165) is 5.57 Å². The van der Waals surface area contributed by atoms with Crippen LogP contribution in [0.4, 0.5) is 0 Å². The first-order valence-electron chi connectivity index (χ1n) is 4.82. The van der Waals surface area contributed by atoms with Crippen LogP contribution in [-0.2, 0) is 9.47 Å². The first-order valence-corrected chi connectivity index (χ1v) is 4.82. The van der Waals surface area contributed by atoms with Crippen LogP contribution in [0.2, 0.25) is 0 Å². The predicted octanol–water partition coefficient (Wildman–Crippen LogP) is -0.414. The van der Waals surface area contributed by atoms with E-state index in [1.54, 1.807) is 0 Å². The maximum Gasteiger partial charge on any atom is 0.106 e. The van der Waals surface area contributed by atoms with Crippen LogP contribution < -0.4 is 5.73 Å². The molecule has 0 saturated carbocycles. The van der Waals surface area contributed by atoms with Crippen molar-refractivity contribution >= 4 is 0 Å². The van der Waals surface area contributed by atoms with Gasteiger partial charge in [-0.1, -0.05) is 12.2 Å². The second-order valence-corrected chi connectivity index (χ2v) is 3.45. The molecule has 1 aliphatic heterocycles. The van der Waals surface area contributed by atoms with Crippen LogP contribution in [0.5, 0.6) is 0 Å². The van der Waals surface area contributed by atoms with Gasteiger partial charge < -0.3 is 20.3 Å². The Bertz CT molecular complexity index is 262. The van der Waals surface area contributed by atoms with E-state index < -0.39 is 6.10 Å². The number of ether oxygens (including phenoxy) is 2. The van der Waals surface area contributed by atoms with Gasteiger partial charge >= 0.3 is 0 Å². The highest BCUT2D eigenvalue weighted by molar-refractivity contribution is 5.31. The van der Waals surface area contributed by atoms with Crippen molar-refractivity contribution in [2.45, 2.75) is 18.3 Å². The van der Waals surface area contributed by atoms with Crippen molar-refractivity contribution in [1.29, 1.82) is 0 Å². The Labute approximate surface area is 83.0 Å². The topological polar surface area (TPSA) is 64.7 Å². The minimum absolute atomic E-state index is 0.00234. The van der Waals surface area contributed by atoms with Gasteiger partial charge in [0.2, 0.25) is 0 Å². The predicted molar refractivity (Wildman–Crippen MR) is 51.8 cm³/mol. The molecule has 1 heterocycles. The monoisotopic (exact) mass is 197 g/mol. The van der Waals surface area contributed by atoms with Gasteiger partial charge in [0, 0.05) is 6.54 Å². The molecular weight excluding hydrogens is 182 g/mol. The Morgan fingerprint density at radius 2 is 2.14 bits per heavy atom. The summed E-state index contributed by atoms with van der Waals surface area (Å²) in [6.07, 6.45) is 4.99. The largest absolute Gasteiger partial charge is 0.387 e. The SMILES string of the molecule is NC[C@@H](O)C1=C[C@H]2OCCO[C@@H]2C=C1. The number of hydrogen-bond acceptors (Lipinski definition) is 4. The van der Waals surface area contributed by atoms with Gasteiger partial charge in [-0.2, -0.15) is 0 Å². The van der Waals surface area contributed by atoms with Gasteiger partial charge in [0.25, 0.3) is 0 Å². The molecule has 1 saturated heterocycles. The Balaban J connectivity index is 2.08. The first kappa shape index (κ1) is 9.86. The van der Waals surface area contributed by atoms with Gasteiger partial charge in [0.05, 0.1) is 19.3 Å². The van der Waals surface area contributed by atoms with E-state index in [9.17, 15) is 5.11 Å². The van der Waals surface area contributed by atoms with Crippen molar-refractivity contribution in [3.05, 3.63) is 23.8 Å². The number of nitrogens with two attached hydrogens (primary N) is 1. The summed E-state index contributed by atoms with van der Waals surface area (Å²) >= 11 is 0. The lowest BCUT2D eigenvalue weighted by Gasteiger charge is -2.31. The summed E-state index contributed by atoms with van der Waals surface area (Å²) in [6.45, 7) is 1.47. The third-order valence-electron chi connectivity index (χ3n) is 2.47. The number of aliphatic hydroxyl groups is 1. The lowest BCUT2D eigenvalue weighted by Crippen LogP contribution is -2.38. The van der Waals surface area contributed by atoms with E-state index in [1.165, 1.54) is 0 Å². The fraction of sp³-hybridized carbons (Fsp3) is 0.600. The maximum atomic E-state index is 9.53. The minimum Gasteiger partial charge on any atom is -0.387 e. The van der Waals surface area contributed by atoms with Gasteiger partial charge in [0.15, 0.2) is 0 Å². The van der Waals surface area contributed by atoms with Crippen molar-refractivity contribution < 1.29 is 14.6 Å². The number of hydrogen-bond donors (Lipinski definition) is 2. The number of aliphatic hydroxyl groups excluding tert-OH is 1. The number of fused-ring (bicyclic) bond motifs is 1. The molecule has 2 aliphatic rings. The second-order valence-electron chi connectivity index (χ2n) is 3.45. The zero-order valence-corrected chi connectivity index (χ0v) is 7.93. The zero-order valence-electron chi connectivity index (χ0n) is 7.93. The van der Waals surface area contributed by atoms with Crippen LogP contribution in [-0.4, -0.2) is 43.2 Å². The van der Waals surface area contributed by atoms with Crippen LogP contribution in [0.25, 0.3) is 0 Å². The van der Waals surface area contributed by atoms with Gasteiger partial charge in [-0.3, -0.25) is 0 Å². The Hall–Kier alpha value is -0.680. The van der Waals surface area contributed by atoms with Crippen LogP contribution in [0.1, 0.15) is 0 Å². The molecule has 2 rings (SSSR count). The molecule has 14 heavy (non-hydrogen) atoms. The maximum absolute atomic E-state index is 9.53. The van der Waals surface area contributed by atoms with E-state index in [4.69, 9.17) is 15.2 Å². The molecule has 0 radical (unpaired) electrons. The molecule has 1 fully saturated rings. The molecule has 0 aromatic carbocycles. The fourth-order valence-corrected chi connectivity index (χ4v) is 1.68. The van der Waals surface area contributed by atoms with Crippen LogP contribution in [0.15, 0.2) is 23.8 Å². The van der Waals surface area contributed by atoms with Gasteiger partial charge in [0.1, 0.15) is 12.2 Å². The summed E-state index contributed by atoms with van der Waals surface area (Å²) < 4.78 is 11.0. The second kappa shape index (κ2) is 4.23. The Kier molecular flexibility index (Phi) is 2.98. The highest BCUT2D eigenvalue weighted by Crippen LogP contribution is 2.21. The standard InChI is InChI=1S/C10H15NO3/c11-6-8(12)7-1-2-9-10(5-7)14-4-3-13-9/h1-2,5,8-10,12H,3-4,6,11H2/t8-,9-,10-/m1/s1. The Morgan fingerprint density at radius 3 is 2.86 bits per heavy atom. The smallest absolute Gasteiger partial charge is 0.106 e. The third kappa shape index (κ3) is 1.88. The summed E-state index contributed by atoms with van der Waals surface area (Å²) in [7, 11) is 0. The zero-order chi connectivity index (χ0) is 9.97. The molecular formula is C10H15NO3. The van der Waals surface area contributed by atoms with Gasteiger partial charge in [-0.25, -0.2) is 0 Å². The highest BCUT2D eigenvalue weighted by atomic mass is 16.6. The van der Waals surface area contributed by atoms with E-state index >= 15 is 0 Å². The highest BCUT2D eigenvalue weighted by Gasteiger charge is 2.26. The van der Waals surface area contributed by atoms with Crippen LogP contribution >= 0.6 is 0 Å². The van der Waals surface area contributed by atoms with Crippen molar-refractivity contribution in [1.82, 2.24) is 0 Å². The minimum atomic E-state index is -0.599. The molecule has 1 aliphatic carbocycles. The molecule has 0 spiro atoms. The van der Waals surface area contributed by atoms with Crippen molar-refractivity contribution in [3.63, 3.8) is 0 Å². The van der Waals surface area contributed by atoms with Crippen molar-refractivity contribution in [3.8, 4) is 0 Å².